The molecule has 0 saturated carbocycles. The van der Waals surface area contributed by atoms with Crippen LogP contribution >= 0.6 is 0 Å². The summed E-state index contributed by atoms with van der Waals surface area (Å²) in [5.74, 6) is 0.993. The molecule has 0 atom stereocenters. The molecule has 2 heterocycles. The van der Waals surface area contributed by atoms with Crippen LogP contribution in [0, 0.1) is 6.92 Å². The summed E-state index contributed by atoms with van der Waals surface area (Å²) in [5, 5.41) is 3.32. The van der Waals surface area contributed by atoms with Crippen LogP contribution in [0.4, 0.5) is 11.4 Å². The Kier molecular flexibility index (Phi) is 6.31. The summed E-state index contributed by atoms with van der Waals surface area (Å²) in [5.41, 5.74) is 3.45. The smallest absolute Gasteiger partial charge is 0.297 e. The van der Waals surface area contributed by atoms with Gasteiger partial charge in [-0.1, -0.05) is 36.4 Å². The number of hydrogen-bond acceptors (Lipinski definition) is 5. The van der Waals surface area contributed by atoms with Crippen molar-refractivity contribution in [1.82, 2.24) is 9.36 Å². The maximum atomic E-state index is 14.0. The molecule has 1 aliphatic rings. The van der Waals surface area contributed by atoms with Gasteiger partial charge in [0.2, 0.25) is 0 Å². The molecule has 0 aliphatic carbocycles. The molecule has 3 aromatic carbocycles. The number of anilines is 2. The highest BCUT2D eigenvalue weighted by atomic mass is 16.5. The molecule has 5 rings (SSSR count). The number of benzene rings is 3. The number of ether oxygens (including phenoxy) is 2. The number of carbonyl (C=O) groups is 1. The molecule has 37 heavy (non-hydrogen) atoms. The van der Waals surface area contributed by atoms with E-state index in [-0.39, 0.29) is 18.0 Å². The lowest BCUT2D eigenvalue weighted by atomic mass is 10.1. The van der Waals surface area contributed by atoms with Crippen LogP contribution in [-0.4, -0.2) is 36.0 Å². The van der Waals surface area contributed by atoms with Crippen LogP contribution in [0.2, 0.25) is 0 Å². The van der Waals surface area contributed by atoms with Gasteiger partial charge >= 0.3 is 0 Å². The number of methoxy groups -OCH3 is 2. The fourth-order valence-corrected chi connectivity index (χ4v) is 4.62. The number of amides is 1. The summed E-state index contributed by atoms with van der Waals surface area (Å²) in [7, 11) is 5.00. The summed E-state index contributed by atoms with van der Waals surface area (Å²) in [6.07, 6.45) is 1.80. The summed E-state index contributed by atoms with van der Waals surface area (Å²) >= 11 is 0. The van der Waals surface area contributed by atoms with Gasteiger partial charge in [-0.3, -0.25) is 19.3 Å². The van der Waals surface area contributed by atoms with Crippen molar-refractivity contribution in [3.63, 3.8) is 0 Å². The van der Waals surface area contributed by atoms with Crippen LogP contribution in [0.3, 0.4) is 0 Å². The summed E-state index contributed by atoms with van der Waals surface area (Å²) in [6, 6.07) is 24.4. The van der Waals surface area contributed by atoms with Gasteiger partial charge in [-0.15, -0.1) is 0 Å². The maximum absolute atomic E-state index is 14.0. The van der Waals surface area contributed by atoms with Gasteiger partial charge < -0.3 is 9.47 Å². The Bertz CT molecular complexity index is 1540. The van der Waals surface area contributed by atoms with Crippen molar-refractivity contribution in [3.8, 4) is 17.2 Å². The minimum atomic E-state index is -0.278. The first-order valence-electron chi connectivity index (χ1n) is 11.9. The molecule has 1 aromatic heterocycles. The predicted octanol–water partition coefficient (Wildman–Crippen LogP) is 4.35. The van der Waals surface area contributed by atoms with Crippen LogP contribution in [-0.2, 0) is 11.8 Å². The van der Waals surface area contributed by atoms with Crippen LogP contribution in [0.1, 0.15) is 11.3 Å². The Morgan fingerprint density at radius 3 is 2.11 bits per heavy atom. The lowest BCUT2D eigenvalue weighted by Gasteiger charge is -2.28. The van der Waals surface area contributed by atoms with E-state index in [4.69, 9.17) is 9.47 Å². The molecule has 1 aliphatic heterocycles. The average Bonchev–Trinajstić information content (AvgIpc) is 3.36. The largest absolute Gasteiger partial charge is 0.497 e. The Balaban J connectivity index is 1.68. The first-order valence-corrected chi connectivity index (χ1v) is 11.9. The number of rotatable bonds is 6. The van der Waals surface area contributed by atoms with Gasteiger partial charge in [-0.25, -0.2) is 9.69 Å². The van der Waals surface area contributed by atoms with E-state index in [0.29, 0.717) is 34.0 Å². The molecule has 0 spiro atoms. The normalized spacial score (nSPS) is 14.5. The molecule has 0 unspecified atom stereocenters. The van der Waals surface area contributed by atoms with Crippen LogP contribution in [0.15, 0.2) is 89.2 Å². The number of hydrogen-bond donors (Lipinski definition) is 0. The first kappa shape index (κ1) is 24.0. The third-order valence-corrected chi connectivity index (χ3v) is 6.59. The molecule has 0 bridgehead atoms. The molecule has 0 N–H and O–H groups in total. The van der Waals surface area contributed by atoms with Gasteiger partial charge in [0.15, 0.2) is 5.69 Å². The average molecular weight is 497 g/mol. The minimum absolute atomic E-state index is 0.277. The zero-order valence-corrected chi connectivity index (χ0v) is 21.2. The van der Waals surface area contributed by atoms with Gasteiger partial charge in [0.1, 0.15) is 11.5 Å². The third-order valence-electron chi connectivity index (χ3n) is 6.59. The van der Waals surface area contributed by atoms with E-state index < -0.39 is 0 Å². The number of aromatic nitrogens is 2. The van der Waals surface area contributed by atoms with Crippen LogP contribution < -0.4 is 25.1 Å². The minimum Gasteiger partial charge on any atom is -0.497 e. The predicted molar refractivity (Wildman–Crippen MR) is 145 cm³/mol. The second-order valence-electron chi connectivity index (χ2n) is 8.70. The molecule has 1 fully saturated rings. The molecule has 1 saturated heterocycles. The Labute approximate surface area is 215 Å². The van der Waals surface area contributed by atoms with Crippen molar-refractivity contribution < 1.29 is 14.3 Å². The fourth-order valence-electron chi connectivity index (χ4n) is 4.62. The standard InChI is InChI=1S/C29H28N4O4/c1-20-27(29(35)32(30(20)2)24-13-9-6-10-14-24)33-28(34)22(19-31(33)23-11-7-5-8-12-23)17-21-18-25(36-3)15-16-26(21)37-4/h5-18H,19H2,1-4H3/b22-17+. The van der Waals surface area contributed by atoms with Crippen LogP contribution in [0.25, 0.3) is 11.8 Å². The van der Waals surface area contributed by atoms with E-state index in [1.807, 2.05) is 85.7 Å². The molecule has 8 heteroatoms. The lowest BCUT2D eigenvalue weighted by Crippen LogP contribution is -2.42. The number of carbonyl (C=O) groups excluding carboxylic acids is 1. The highest BCUT2D eigenvalue weighted by Gasteiger charge is 2.39. The molecule has 8 nitrogen and oxygen atoms in total. The lowest BCUT2D eigenvalue weighted by molar-refractivity contribution is -0.114. The zero-order chi connectivity index (χ0) is 26.1. The Morgan fingerprint density at radius 1 is 0.838 bits per heavy atom. The quantitative estimate of drug-likeness (QED) is 0.371. The molecule has 188 valence electrons. The number of para-hydroxylation sites is 2. The van der Waals surface area contributed by atoms with Gasteiger partial charge in [0.05, 0.1) is 37.8 Å². The molecule has 1 amide bonds. The highest BCUT2D eigenvalue weighted by Crippen LogP contribution is 2.34. The summed E-state index contributed by atoms with van der Waals surface area (Å²) < 4.78 is 14.3. The second-order valence-corrected chi connectivity index (χ2v) is 8.70. The SMILES string of the molecule is COc1ccc(OC)c(/C=C2\CN(c3ccccc3)N(c3c(C)n(C)n(-c4ccccc4)c3=O)C2=O)c1. The van der Waals surface area contributed by atoms with Crippen molar-refractivity contribution >= 4 is 23.4 Å². The van der Waals surface area contributed by atoms with Crippen molar-refractivity contribution in [2.75, 3.05) is 30.8 Å². The van der Waals surface area contributed by atoms with E-state index in [1.54, 1.807) is 41.8 Å². The molecule has 4 aromatic rings. The molecule has 0 radical (unpaired) electrons. The summed E-state index contributed by atoms with van der Waals surface area (Å²) in [6.45, 7) is 2.13. The van der Waals surface area contributed by atoms with Crippen molar-refractivity contribution in [2.45, 2.75) is 6.92 Å². The van der Waals surface area contributed by atoms with E-state index in [9.17, 15) is 9.59 Å². The number of nitrogens with zero attached hydrogens (tertiary/aromatic N) is 4. The Morgan fingerprint density at radius 2 is 1.49 bits per heavy atom. The highest BCUT2D eigenvalue weighted by molar-refractivity contribution is 6.14. The molecular formula is C29H28N4O4. The van der Waals surface area contributed by atoms with Gasteiger partial charge in [0.25, 0.3) is 11.5 Å². The van der Waals surface area contributed by atoms with E-state index in [1.165, 1.54) is 5.01 Å². The topological polar surface area (TPSA) is 68.9 Å². The van der Waals surface area contributed by atoms with Crippen molar-refractivity contribution in [1.29, 1.82) is 0 Å². The fraction of sp³-hybridized carbons (Fsp3) is 0.172. The van der Waals surface area contributed by atoms with Gasteiger partial charge in [-0.2, -0.15) is 0 Å². The monoisotopic (exact) mass is 496 g/mol. The van der Waals surface area contributed by atoms with E-state index >= 15 is 0 Å². The van der Waals surface area contributed by atoms with Crippen molar-refractivity contribution in [3.05, 3.63) is 106 Å². The van der Waals surface area contributed by atoms with Gasteiger partial charge in [-0.05, 0) is 55.5 Å². The summed E-state index contributed by atoms with van der Waals surface area (Å²) in [4.78, 5) is 27.8. The van der Waals surface area contributed by atoms with Gasteiger partial charge in [0, 0.05) is 18.2 Å². The molecular weight excluding hydrogens is 468 g/mol. The maximum Gasteiger partial charge on any atom is 0.297 e. The first-order chi connectivity index (χ1) is 17.9. The van der Waals surface area contributed by atoms with Crippen LogP contribution in [0.5, 0.6) is 11.5 Å². The number of hydrazine groups is 1. The van der Waals surface area contributed by atoms with Crippen molar-refractivity contribution in [2.24, 2.45) is 7.05 Å². The second kappa shape index (κ2) is 9.73. The Hall–Kier alpha value is -4.72. The zero-order valence-electron chi connectivity index (χ0n) is 21.2. The van der Waals surface area contributed by atoms with E-state index in [2.05, 4.69) is 0 Å². The van der Waals surface area contributed by atoms with E-state index in [0.717, 1.165) is 11.4 Å². The third kappa shape index (κ3) is 4.16.